The highest BCUT2D eigenvalue weighted by atomic mass is 79.9. The van der Waals surface area contributed by atoms with Crippen LogP contribution >= 0.6 is 15.9 Å². The number of nitrogens with one attached hydrogen (secondary N) is 1. The van der Waals surface area contributed by atoms with Gasteiger partial charge in [0.15, 0.2) is 0 Å². The number of benzene rings is 2. The zero-order valence-corrected chi connectivity index (χ0v) is 16.7. The van der Waals surface area contributed by atoms with Crippen LogP contribution in [-0.2, 0) is 26.5 Å². The summed E-state index contributed by atoms with van der Waals surface area (Å²) in [5.74, 6) is -0.156. The first kappa shape index (κ1) is 19.0. The molecule has 6 heteroatoms. The van der Waals surface area contributed by atoms with Crippen LogP contribution in [0.2, 0.25) is 0 Å². The summed E-state index contributed by atoms with van der Waals surface area (Å²) in [6.07, 6.45) is 0.673. The van der Waals surface area contributed by atoms with Crippen LogP contribution in [0.4, 0.5) is 4.39 Å². The van der Waals surface area contributed by atoms with Crippen LogP contribution < -0.4 is 5.48 Å². The van der Waals surface area contributed by atoms with E-state index in [0.29, 0.717) is 25.4 Å². The highest BCUT2D eigenvalue weighted by Crippen LogP contribution is 2.45. The zero-order valence-electron chi connectivity index (χ0n) is 15.2. The highest BCUT2D eigenvalue weighted by Gasteiger charge is 2.54. The van der Waals surface area contributed by atoms with Gasteiger partial charge in [0, 0.05) is 16.0 Å². The van der Waals surface area contributed by atoms with Crippen molar-refractivity contribution in [2.24, 2.45) is 5.92 Å². The van der Waals surface area contributed by atoms with E-state index in [1.54, 1.807) is 6.07 Å². The van der Waals surface area contributed by atoms with Gasteiger partial charge in [-0.3, -0.25) is 4.84 Å². The number of fused-ring (bicyclic) bond motifs is 1. The summed E-state index contributed by atoms with van der Waals surface area (Å²) in [7, 11) is 0. The molecule has 0 amide bonds. The van der Waals surface area contributed by atoms with Crippen LogP contribution in [0.3, 0.4) is 0 Å². The van der Waals surface area contributed by atoms with Gasteiger partial charge >= 0.3 is 0 Å². The summed E-state index contributed by atoms with van der Waals surface area (Å²) in [6.45, 7) is 3.42. The summed E-state index contributed by atoms with van der Waals surface area (Å²) in [5, 5.41) is 0. The Bertz CT molecular complexity index is 790. The van der Waals surface area contributed by atoms with Crippen molar-refractivity contribution in [2.45, 2.75) is 37.7 Å². The summed E-state index contributed by atoms with van der Waals surface area (Å²) >= 11 is 3.44. The molecule has 2 aromatic rings. The Balaban J connectivity index is 1.45. The van der Waals surface area contributed by atoms with Gasteiger partial charge in [0.25, 0.3) is 0 Å². The smallest absolute Gasteiger partial charge is 0.128 e. The standard InChI is InChI=1S/C21H23BrFNO3/c1-14-18-10-17(12-25-11-15-5-3-2-4-6-15)26-13-21(18,24-27-14)19-9-16(22)7-8-20(19)23/h2-9,14,17-18,24H,10-13H2,1H3/t14-,17?,18-,21?/m0/s1. The number of rotatable bonds is 5. The van der Waals surface area contributed by atoms with Gasteiger partial charge in [-0.25, -0.2) is 4.39 Å². The molecule has 2 saturated heterocycles. The van der Waals surface area contributed by atoms with Gasteiger partial charge in [-0.1, -0.05) is 46.3 Å². The number of halogens is 2. The first-order chi connectivity index (χ1) is 13.1. The van der Waals surface area contributed by atoms with E-state index in [0.717, 1.165) is 16.5 Å². The van der Waals surface area contributed by atoms with E-state index in [1.807, 2.05) is 43.3 Å². The fourth-order valence-electron chi connectivity index (χ4n) is 4.06. The van der Waals surface area contributed by atoms with Gasteiger partial charge in [0.1, 0.15) is 5.82 Å². The third-order valence-corrected chi connectivity index (χ3v) is 6.01. The predicted octanol–water partition coefficient (Wildman–Crippen LogP) is 4.33. The molecule has 4 nitrogen and oxygen atoms in total. The molecule has 0 bridgehead atoms. The summed E-state index contributed by atoms with van der Waals surface area (Å²) in [5.41, 5.74) is 4.12. The number of hydroxylamine groups is 1. The van der Waals surface area contributed by atoms with Gasteiger partial charge in [-0.2, -0.15) is 5.48 Å². The van der Waals surface area contributed by atoms with Crippen molar-refractivity contribution in [1.82, 2.24) is 5.48 Å². The summed E-state index contributed by atoms with van der Waals surface area (Å²) in [4.78, 5) is 5.72. The van der Waals surface area contributed by atoms with E-state index >= 15 is 0 Å². The molecule has 4 atom stereocenters. The monoisotopic (exact) mass is 435 g/mol. The molecule has 0 spiro atoms. The van der Waals surface area contributed by atoms with Crippen molar-refractivity contribution >= 4 is 15.9 Å². The maximum Gasteiger partial charge on any atom is 0.128 e. The quantitative estimate of drug-likeness (QED) is 0.758. The third-order valence-electron chi connectivity index (χ3n) is 5.51. The molecule has 0 aromatic heterocycles. The minimum atomic E-state index is -0.677. The topological polar surface area (TPSA) is 39.7 Å². The van der Waals surface area contributed by atoms with E-state index in [1.165, 1.54) is 6.07 Å². The Hall–Kier alpha value is -1.31. The molecule has 0 radical (unpaired) electrons. The molecule has 2 fully saturated rings. The Morgan fingerprint density at radius 2 is 2.07 bits per heavy atom. The lowest BCUT2D eigenvalue weighted by Crippen LogP contribution is -2.53. The van der Waals surface area contributed by atoms with Crippen LogP contribution in [0.15, 0.2) is 53.0 Å². The first-order valence-electron chi connectivity index (χ1n) is 9.20. The Morgan fingerprint density at radius 1 is 1.26 bits per heavy atom. The largest absolute Gasteiger partial charge is 0.374 e. The lowest BCUT2D eigenvalue weighted by Gasteiger charge is -2.42. The molecule has 2 heterocycles. The van der Waals surface area contributed by atoms with Gasteiger partial charge < -0.3 is 9.47 Å². The number of hydrogen-bond acceptors (Lipinski definition) is 4. The minimum absolute atomic E-state index is 0.0343. The lowest BCUT2D eigenvalue weighted by molar-refractivity contribution is -0.100. The van der Waals surface area contributed by atoms with Crippen LogP contribution in [0.1, 0.15) is 24.5 Å². The highest BCUT2D eigenvalue weighted by molar-refractivity contribution is 9.10. The second-order valence-electron chi connectivity index (χ2n) is 7.30. The molecule has 2 aliphatic heterocycles. The maximum atomic E-state index is 14.6. The van der Waals surface area contributed by atoms with Crippen LogP contribution in [0.5, 0.6) is 0 Å². The molecular formula is C21H23BrFNO3. The minimum Gasteiger partial charge on any atom is -0.374 e. The molecule has 4 rings (SSSR count). The van der Waals surface area contributed by atoms with Crippen molar-refractivity contribution in [3.63, 3.8) is 0 Å². The van der Waals surface area contributed by atoms with Crippen LogP contribution in [0, 0.1) is 11.7 Å². The normalized spacial score (nSPS) is 30.3. The molecule has 144 valence electrons. The van der Waals surface area contributed by atoms with Crippen molar-refractivity contribution in [3.8, 4) is 0 Å². The molecule has 0 saturated carbocycles. The molecule has 0 aliphatic carbocycles. The molecule has 2 aromatic carbocycles. The average Bonchev–Trinajstić information content (AvgIpc) is 3.02. The van der Waals surface area contributed by atoms with E-state index in [9.17, 15) is 4.39 Å². The molecular weight excluding hydrogens is 413 g/mol. The van der Waals surface area contributed by atoms with Gasteiger partial charge in [0.2, 0.25) is 0 Å². The number of ether oxygens (including phenoxy) is 2. The molecule has 27 heavy (non-hydrogen) atoms. The first-order valence-corrected chi connectivity index (χ1v) is 9.99. The fourth-order valence-corrected chi connectivity index (χ4v) is 4.42. The SMILES string of the molecule is C[C@@H]1ONC2(c3cc(Br)ccc3F)COC(COCc3ccccc3)C[C@@H]12. The van der Waals surface area contributed by atoms with Gasteiger partial charge in [-0.05, 0) is 37.1 Å². The van der Waals surface area contributed by atoms with E-state index in [-0.39, 0.29) is 23.9 Å². The Morgan fingerprint density at radius 3 is 2.89 bits per heavy atom. The maximum absolute atomic E-state index is 14.6. The van der Waals surface area contributed by atoms with Crippen molar-refractivity contribution in [1.29, 1.82) is 0 Å². The van der Waals surface area contributed by atoms with Gasteiger partial charge in [-0.15, -0.1) is 0 Å². The van der Waals surface area contributed by atoms with Crippen molar-refractivity contribution in [3.05, 3.63) is 69.9 Å². The molecule has 2 unspecified atom stereocenters. The van der Waals surface area contributed by atoms with E-state index in [4.69, 9.17) is 14.3 Å². The van der Waals surface area contributed by atoms with Crippen molar-refractivity contribution < 1.29 is 18.7 Å². The van der Waals surface area contributed by atoms with E-state index < -0.39 is 5.54 Å². The Labute approximate surface area is 167 Å². The fraction of sp³-hybridized carbons (Fsp3) is 0.429. The average molecular weight is 436 g/mol. The molecule has 2 aliphatic rings. The van der Waals surface area contributed by atoms with Crippen molar-refractivity contribution in [2.75, 3.05) is 13.2 Å². The second-order valence-corrected chi connectivity index (χ2v) is 8.21. The van der Waals surface area contributed by atoms with E-state index in [2.05, 4.69) is 21.4 Å². The third kappa shape index (κ3) is 3.82. The summed E-state index contributed by atoms with van der Waals surface area (Å²) < 4.78 is 27.4. The van der Waals surface area contributed by atoms with Crippen LogP contribution in [0.25, 0.3) is 0 Å². The van der Waals surface area contributed by atoms with Gasteiger partial charge in [0.05, 0.1) is 37.6 Å². The summed E-state index contributed by atoms with van der Waals surface area (Å²) in [6, 6.07) is 15.1. The predicted molar refractivity (Wildman–Crippen MR) is 103 cm³/mol. The lowest BCUT2D eigenvalue weighted by atomic mass is 9.73. The second kappa shape index (κ2) is 7.97. The number of hydrogen-bond donors (Lipinski definition) is 1. The zero-order chi connectivity index (χ0) is 18.9. The van der Waals surface area contributed by atoms with Crippen LogP contribution in [-0.4, -0.2) is 25.4 Å². The Kier molecular flexibility index (Phi) is 5.62. The molecule has 1 N–H and O–H groups in total.